The lowest BCUT2D eigenvalue weighted by Gasteiger charge is -2.14. The van der Waals surface area contributed by atoms with Crippen molar-refractivity contribution >= 4 is 23.8 Å². The number of aliphatic imine (C=N–C) groups is 1. The van der Waals surface area contributed by atoms with Gasteiger partial charge < -0.3 is 24.8 Å². The molecule has 0 saturated carbocycles. The minimum absolute atomic E-state index is 0.247. The number of carbonyl (C=O) groups is 2. The van der Waals surface area contributed by atoms with Crippen molar-refractivity contribution in [2.45, 2.75) is 13.0 Å². The lowest BCUT2D eigenvalue weighted by atomic mass is 10.1. The van der Waals surface area contributed by atoms with Crippen LogP contribution in [0.2, 0.25) is 0 Å². The summed E-state index contributed by atoms with van der Waals surface area (Å²) in [6.07, 6.45) is 0.445. The third-order valence-corrected chi connectivity index (χ3v) is 3.41. The number of aromatic carboxylic acids is 1. The highest BCUT2D eigenvalue weighted by Gasteiger charge is 2.15. The van der Waals surface area contributed by atoms with E-state index in [4.69, 9.17) is 19.7 Å². The van der Waals surface area contributed by atoms with Gasteiger partial charge in [-0.05, 0) is 48.9 Å². The van der Waals surface area contributed by atoms with Crippen LogP contribution in [0, 0.1) is 0 Å². The Morgan fingerprint density at radius 2 is 1.85 bits per heavy atom. The van der Waals surface area contributed by atoms with Crippen molar-refractivity contribution in [1.29, 1.82) is 0 Å². The molecule has 0 heterocycles. The molecule has 2 aromatic rings. The van der Waals surface area contributed by atoms with Gasteiger partial charge in [0.25, 0.3) is 0 Å². The molecule has 8 heteroatoms. The lowest BCUT2D eigenvalue weighted by Crippen LogP contribution is -2.23. The fourth-order valence-electron chi connectivity index (χ4n) is 2.03. The maximum atomic E-state index is 11.0. The summed E-state index contributed by atoms with van der Waals surface area (Å²) in [5.41, 5.74) is 0.727. The Hall–Kier alpha value is -3.55. The molecule has 2 rings (SSSR count). The summed E-state index contributed by atoms with van der Waals surface area (Å²) in [6, 6.07) is 8.78. The van der Waals surface area contributed by atoms with Crippen LogP contribution < -0.4 is 9.47 Å². The molecule has 26 heavy (non-hydrogen) atoms. The molecule has 0 aliphatic heterocycles. The number of aliphatic carboxylic acids is 1. The number of carboxylic acid groups (broad SMARTS) is 2. The van der Waals surface area contributed by atoms with Gasteiger partial charge in [-0.15, -0.1) is 0 Å². The second-order valence-electron chi connectivity index (χ2n) is 5.27. The van der Waals surface area contributed by atoms with Crippen LogP contribution in [0.5, 0.6) is 17.2 Å². The van der Waals surface area contributed by atoms with Crippen LogP contribution in [0.1, 0.15) is 22.8 Å². The fourth-order valence-corrected chi connectivity index (χ4v) is 2.03. The maximum Gasteiger partial charge on any atom is 0.344 e. The largest absolute Gasteiger partial charge is 0.507 e. The molecule has 1 atom stereocenters. The van der Waals surface area contributed by atoms with E-state index < -0.39 is 18.0 Å². The van der Waals surface area contributed by atoms with Gasteiger partial charge in [0.05, 0.1) is 12.8 Å². The normalized spacial score (nSPS) is 11.9. The van der Waals surface area contributed by atoms with E-state index in [0.717, 1.165) is 0 Å². The number of hydrogen-bond acceptors (Lipinski definition) is 6. The van der Waals surface area contributed by atoms with Gasteiger partial charge in [-0.2, -0.15) is 0 Å². The Balaban J connectivity index is 2.24. The van der Waals surface area contributed by atoms with Crippen LogP contribution in [0.25, 0.3) is 0 Å². The summed E-state index contributed by atoms with van der Waals surface area (Å²) >= 11 is 0. The number of phenols is 1. The zero-order chi connectivity index (χ0) is 19.3. The van der Waals surface area contributed by atoms with Crippen molar-refractivity contribution in [1.82, 2.24) is 0 Å². The SMILES string of the molecule is COc1cc(C=Nc2ccc(O)c(C(=O)O)c2)ccc1O[C@@H](C)C(=O)O. The van der Waals surface area contributed by atoms with Crippen LogP contribution in [-0.2, 0) is 4.79 Å². The van der Waals surface area contributed by atoms with Gasteiger partial charge in [0, 0.05) is 6.21 Å². The van der Waals surface area contributed by atoms with Gasteiger partial charge in [-0.25, -0.2) is 9.59 Å². The topological polar surface area (TPSA) is 126 Å². The quantitative estimate of drug-likeness (QED) is 0.649. The van der Waals surface area contributed by atoms with Crippen LogP contribution in [0.3, 0.4) is 0 Å². The van der Waals surface area contributed by atoms with Gasteiger partial charge >= 0.3 is 11.9 Å². The fraction of sp³-hybridized carbons (Fsp3) is 0.167. The molecule has 0 fully saturated rings. The number of aromatic hydroxyl groups is 1. The zero-order valence-corrected chi connectivity index (χ0v) is 14.0. The van der Waals surface area contributed by atoms with Gasteiger partial charge in [0.2, 0.25) is 0 Å². The molecule has 3 N–H and O–H groups in total. The highest BCUT2D eigenvalue weighted by atomic mass is 16.5. The molecule has 0 radical (unpaired) electrons. The molecular formula is C18H17NO7. The number of benzene rings is 2. The summed E-state index contributed by atoms with van der Waals surface area (Å²) < 4.78 is 10.5. The van der Waals surface area contributed by atoms with Crippen molar-refractivity contribution in [3.63, 3.8) is 0 Å². The number of hydrogen-bond donors (Lipinski definition) is 3. The second-order valence-corrected chi connectivity index (χ2v) is 5.27. The molecule has 0 unspecified atom stereocenters. The standard InChI is InChI=1S/C18H17NO7/c1-10(17(21)22)26-15-6-3-11(7-16(15)25-2)9-19-12-4-5-14(20)13(8-12)18(23)24/h3-10,20H,1-2H3,(H,21,22)(H,23,24)/t10-/m0/s1. The lowest BCUT2D eigenvalue weighted by molar-refractivity contribution is -0.144. The summed E-state index contributed by atoms with van der Waals surface area (Å²) in [4.78, 5) is 26.1. The Morgan fingerprint density at radius 1 is 1.12 bits per heavy atom. The van der Waals surface area contributed by atoms with Crippen molar-refractivity contribution < 1.29 is 34.4 Å². The monoisotopic (exact) mass is 359 g/mol. The van der Waals surface area contributed by atoms with Crippen LogP contribution in [0.4, 0.5) is 5.69 Å². The van der Waals surface area contributed by atoms with Gasteiger partial charge in [0.1, 0.15) is 11.3 Å². The predicted molar refractivity (Wildman–Crippen MR) is 93.0 cm³/mol. The third kappa shape index (κ3) is 4.50. The van der Waals surface area contributed by atoms with E-state index in [2.05, 4.69) is 4.99 Å². The molecule has 0 spiro atoms. The minimum Gasteiger partial charge on any atom is -0.507 e. The Bertz CT molecular complexity index is 861. The average Bonchev–Trinajstić information content (AvgIpc) is 2.61. The van der Waals surface area contributed by atoms with E-state index in [1.165, 1.54) is 38.4 Å². The molecule has 2 aromatic carbocycles. The molecule has 0 bridgehead atoms. The number of methoxy groups -OCH3 is 1. The van der Waals surface area contributed by atoms with Gasteiger partial charge in [-0.3, -0.25) is 4.99 Å². The van der Waals surface area contributed by atoms with Crippen LogP contribution in [0.15, 0.2) is 41.4 Å². The van der Waals surface area contributed by atoms with Crippen molar-refractivity contribution in [2.24, 2.45) is 4.99 Å². The van der Waals surface area contributed by atoms with E-state index in [1.807, 2.05) is 0 Å². The average molecular weight is 359 g/mol. The first-order chi connectivity index (χ1) is 12.3. The second kappa shape index (κ2) is 8.02. The highest BCUT2D eigenvalue weighted by Crippen LogP contribution is 2.29. The minimum atomic E-state index is -1.25. The number of rotatable bonds is 7. The molecule has 0 aliphatic rings. The summed E-state index contributed by atoms with van der Waals surface area (Å²) in [5, 5.41) is 27.4. The van der Waals surface area contributed by atoms with Gasteiger partial charge in [-0.1, -0.05) is 0 Å². The number of carboxylic acids is 2. The first-order valence-corrected chi connectivity index (χ1v) is 7.49. The van der Waals surface area contributed by atoms with E-state index in [0.29, 0.717) is 17.0 Å². The first kappa shape index (κ1) is 18.8. The Kier molecular flexibility index (Phi) is 5.79. The number of ether oxygens (including phenoxy) is 2. The smallest absolute Gasteiger partial charge is 0.344 e. The maximum absolute atomic E-state index is 11.0. The third-order valence-electron chi connectivity index (χ3n) is 3.41. The summed E-state index contributed by atoms with van der Waals surface area (Å²) in [5.74, 6) is -2.09. The summed E-state index contributed by atoms with van der Waals surface area (Å²) in [6.45, 7) is 1.40. The highest BCUT2D eigenvalue weighted by molar-refractivity contribution is 5.92. The number of nitrogens with zero attached hydrogens (tertiary/aromatic N) is 1. The Labute approximate surface area is 149 Å². The van der Waals surface area contributed by atoms with E-state index in [9.17, 15) is 14.7 Å². The molecule has 0 saturated heterocycles. The van der Waals surface area contributed by atoms with Crippen LogP contribution in [-0.4, -0.2) is 46.7 Å². The van der Waals surface area contributed by atoms with E-state index in [1.54, 1.807) is 18.2 Å². The van der Waals surface area contributed by atoms with Crippen molar-refractivity contribution in [2.75, 3.05) is 7.11 Å². The van der Waals surface area contributed by atoms with E-state index >= 15 is 0 Å². The molecule has 0 amide bonds. The molecule has 0 aromatic heterocycles. The predicted octanol–water partition coefficient (Wildman–Crippen LogP) is 2.70. The summed E-state index contributed by atoms with van der Waals surface area (Å²) in [7, 11) is 1.42. The van der Waals surface area contributed by atoms with E-state index in [-0.39, 0.29) is 17.1 Å². The first-order valence-electron chi connectivity index (χ1n) is 7.49. The molecular weight excluding hydrogens is 342 g/mol. The Morgan fingerprint density at radius 3 is 2.46 bits per heavy atom. The van der Waals surface area contributed by atoms with Gasteiger partial charge in [0.15, 0.2) is 17.6 Å². The van der Waals surface area contributed by atoms with Crippen LogP contribution >= 0.6 is 0 Å². The molecule has 0 aliphatic carbocycles. The zero-order valence-electron chi connectivity index (χ0n) is 14.0. The molecule has 136 valence electrons. The molecule has 8 nitrogen and oxygen atoms in total. The van der Waals surface area contributed by atoms with Crippen molar-refractivity contribution in [3.8, 4) is 17.2 Å². The van der Waals surface area contributed by atoms with Crippen molar-refractivity contribution in [3.05, 3.63) is 47.5 Å².